The van der Waals surface area contributed by atoms with Crippen molar-refractivity contribution in [2.75, 3.05) is 6.61 Å². The summed E-state index contributed by atoms with van der Waals surface area (Å²) in [4.78, 5) is 11.7. The molecule has 1 aromatic carbocycles. The van der Waals surface area contributed by atoms with Gasteiger partial charge in [-0.2, -0.15) is 0 Å². The Kier molecular flexibility index (Phi) is 4.57. The van der Waals surface area contributed by atoms with E-state index in [-0.39, 0.29) is 4.90 Å². The zero-order chi connectivity index (χ0) is 14.7. The molecule has 19 heavy (non-hydrogen) atoms. The van der Waals surface area contributed by atoms with Crippen molar-refractivity contribution in [3.8, 4) is 5.75 Å². The Bertz CT molecular complexity index is 541. The maximum Gasteiger partial charge on any atom is 0.264 e. The van der Waals surface area contributed by atoms with Crippen LogP contribution in [0.15, 0.2) is 29.2 Å². The van der Waals surface area contributed by atoms with Gasteiger partial charge in [0.1, 0.15) is 5.75 Å². The minimum atomic E-state index is -3.83. The molecule has 0 saturated heterocycles. The second kappa shape index (κ2) is 5.61. The van der Waals surface area contributed by atoms with Crippen LogP contribution in [0.25, 0.3) is 0 Å². The van der Waals surface area contributed by atoms with E-state index in [9.17, 15) is 13.2 Å². The maximum atomic E-state index is 12.0. The fourth-order valence-corrected chi connectivity index (χ4v) is 2.38. The topological polar surface area (TPSA) is 72.5 Å². The van der Waals surface area contributed by atoms with Crippen LogP contribution >= 0.6 is 0 Å². The molecule has 0 saturated carbocycles. The van der Waals surface area contributed by atoms with E-state index >= 15 is 0 Å². The molecule has 1 aromatic rings. The highest BCUT2D eigenvalue weighted by Gasteiger charge is 2.26. The quantitative estimate of drug-likeness (QED) is 0.917. The molecule has 0 aliphatic rings. The molecular formula is C13H19NO4S. The Labute approximate surface area is 114 Å². The highest BCUT2D eigenvalue weighted by Crippen LogP contribution is 2.18. The molecule has 106 valence electrons. The largest absolute Gasteiger partial charge is 0.494 e. The van der Waals surface area contributed by atoms with Gasteiger partial charge in [-0.1, -0.05) is 20.8 Å². The number of sulfonamides is 1. The molecule has 5 nitrogen and oxygen atoms in total. The molecule has 0 unspecified atom stereocenters. The summed E-state index contributed by atoms with van der Waals surface area (Å²) >= 11 is 0. The second-order valence-corrected chi connectivity index (χ2v) is 6.77. The van der Waals surface area contributed by atoms with Crippen LogP contribution in [0.4, 0.5) is 0 Å². The smallest absolute Gasteiger partial charge is 0.264 e. The van der Waals surface area contributed by atoms with E-state index in [0.29, 0.717) is 12.4 Å². The zero-order valence-electron chi connectivity index (χ0n) is 11.6. The number of carbonyl (C=O) groups is 1. The molecule has 6 heteroatoms. The molecule has 0 aliphatic carbocycles. The van der Waals surface area contributed by atoms with Crippen molar-refractivity contribution >= 4 is 15.9 Å². The Morgan fingerprint density at radius 1 is 1.21 bits per heavy atom. The average molecular weight is 285 g/mol. The third kappa shape index (κ3) is 4.24. The van der Waals surface area contributed by atoms with E-state index in [4.69, 9.17) is 4.74 Å². The van der Waals surface area contributed by atoms with Crippen LogP contribution in [0, 0.1) is 5.41 Å². The highest BCUT2D eigenvalue weighted by atomic mass is 32.2. The van der Waals surface area contributed by atoms with Crippen molar-refractivity contribution in [2.45, 2.75) is 32.6 Å². The van der Waals surface area contributed by atoms with E-state index in [1.807, 2.05) is 6.92 Å². The normalized spacial score (nSPS) is 12.0. The molecule has 1 rings (SSSR count). The molecule has 0 spiro atoms. The summed E-state index contributed by atoms with van der Waals surface area (Å²) in [5.41, 5.74) is -0.766. The molecule has 0 fully saturated rings. The van der Waals surface area contributed by atoms with Crippen molar-refractivity contribution in [3.05, 3.63) is 24.3 Å². The second-order valence-electron chi connectivity index (χ2n) is 5.09. The van der Waals surface area contributed by atoms with Crippen molar-refractivity contribution in [1.29, 1.82) is 0 Å². The van der Waals surface area contributed by atoms with Crippen LogP contribution in [-0.4, -0.2) is 20.9 Å². The Balaban J connectivity index is 2.92. The molecule has 0 aromatic heterocycles. The zero-order valence-corrected chi connectivity index (χ0v) is 12.4. The van der Waals surface area contributed by atoms with Crippen molar-refractivity contribution in [2.24, 2.45) is 5.41 Å². The van der Waals surface area contributed by atoms with E-state index in [2.05, 4.69) is 4.72 Å². The summed E-state index contributed by atoms with van der Waals surface area (Å²) < 4.78 is 31.3. The number of ether oxygens (including phenoxy) is 1. The van der Waals surface area contributed by atoms with Crippen LogP contribution in [0.2, 0.25) is 0 Å². The number of amides is 1. The molecule has 0 aliphatic heterocycles. The minimum Gasteiger partial charge on any atom is -0.494 e. The summed E-state index contributed by atoms with van der Waals surface area (Å²) in [5, 5.41) is 0. The first-order valence-electron chi connectivity index (χ1n) is 5.97. The molecule has 1 amide bonds. The van der Waals surface area contributed by atoms with E-state index in [1.165, 1.54) is 12.1 Å². The lowest BCUT2D eigenvalue weighted by Crippen LogP contribution is -2.38. The lowest BCUT2D eigenvalue weighted by Gasteiger charge is -2.17. The van der Waals surface area contributed by atoms with E-state index in [1.54, 1.807) is 32.9 Å². The predicted octanol–water partition coefficient (Wildman–Crippen LogP) is 1.94. The number of benzene rings is 1. The van der Waals surface area contributed by atoms with Gasteiger partial charge in [0.15, 0.2) is 0 Å². The van der Waals surface area contributed by atoms with E-state index < -0.39 is 21.3 Å². The number of carbonyl (C=O) groups excluding carboxylic acids is 1. The number of hydrogen-bond acceptors (Lipinski definition) is 4. The number of nitrogens with one attached hydrogen (secondary N) is 1. The maximum absolute atomic E-state index is 12.0. The monoisotopic (exact) mass is 285 g/mol. The molecule has 0 bridgehead atoms. The predicted molar refractivity (Wildman–Crippen MR) is 72.4 cm³/mol. The first kappa shape index (κ1) is 15.5. The van der Waals surface area contributed by atoms with Gasteiger partial charge in [-0.15, -0.1) is 0 Å². The Hall–Kier alpha value is -1.56. The summed E-state index contributed by atoms with van der Waals surface area (Å²) in [6, 6.07) is 5.92. The van der Waals surface area contributed by atoms with Crippen LogP contribution < -0.4 is 9.46 Å². The summed E-state index contributed by atoms with van der Waals surface area (Å²) in [6.45, 7) is 7.29. The van der Waals surface area contributed by atoms with Crippen LogP contribution in [0.5, 0.6) is 5.75 Å². The van der Waals surface area contributed by atoms with Crippen molar-refractivity contribution < 1.29 is 17.9 Å². The lowest BCUT2D eigenvalue weighted by molar-refractivity contribution is -0.126. The van der Waals surface area contributed by atoms with Gasteiger partial charge in [0.2, 0.25) is 5.91 Å². The molecule has 0 radical (unpaired) electrons. The van der Waals surface area contributed by atoms with Gasteiger partial charge in [-0.3, -0.25) is 4.79 Å². The highest BCUT2D eigenvalue weighted by molar-refractivity contribution is 7.90. The van der Waals surface area contributed by atoms with Crippen LogP contribution in [-0.2, 0) is 14.8 Å². The van der Waals surface area contributed by atoms with Gasteiger partial charge in [0, 0.05) is 5.41 Å². The third-order valence-corrected chi connectivity index (χ3v) is 3.70. The molecule has 1 N–H and O–H groups in total. The van der Waals surface area contributed by atoms with Gasteiger partial charge in [0.25, 0.3) is 10.0 Å². The molecule has 0 atom stereocenters. The Morgan fingerprint density at radius 3 is 2.16 bits per heavy atom. The standard InChI is InChI=1S/C13H19NO4S/c1-5-18-10-6-8-11(9-7-10)19(16,17)14-12(15)13(2,3)4/h6-9H,5H2,1-4H3,(H,14,15). The number of hydrogen-bond donors (Lipinski definition) is 1. The van der Waals surface area contributed by atoms with Gasteiger partial charge in [-0.25, -0.2) is 13.1 Å². The van der Waals surface area contributed by atoms with E-state index in [0.717, 1.165) is 0 Å². The summed E-state index contributed by atoms with van der Waals surface area (Å²) in [6.07, 6.45) is 0. The third-order valence-electron chi connectivity index (χ3n) is 2.35. The van der Waals surface area contributed by atoms with Crippen LogP contribution in [0.3, 0.4) is 0 Å². The Morgan fingerprint density at radius 2 is 1.74 bits per heavy atom. The molecular weight excluding hydrogens is 266 g/mol. The van der Waals surface area contributed by atoms with Gasteiger partial charge < -0.3 is 4.74 Å². The van der Waals surface area contributed by atoms with Gasteiger partial charge in [-0.05, 0) is 31.2 Å². The van der Waals surface area contributed by atoms with Gasteiger partial charge in [0.05, 0.1) is 11.5 Å². The number of rotatable bonds is 4. The fraction of sp³-hybridized carbons (Fsp3) is 0.462. The minimum absolute atomic E-state index is 0.0357. The van der Waals surface area contributed by atoms with Crippen LogP contribution in [0.1, 0.15) is 27.7 Å². The fourth-order valence-electron chi connectivity index (χ4n) is 1.22. The van der Waals surface area contributed by atoms with Crippen molar-refractivity contribution in [3.63, 3.8) is 0 Å². The first-order valence-corrected chi connectivity index (χ1v) is 7.45. The average Bonchev–Trinajstić information content (AvgIpc) is 2.28. The summed E-state index contributed by atoms with van der Waals surface area (Å²) in [5.74, 6) is 0.0463. The SMILES string of the molecule is CCOc1ccc(S(=O)(=O)NC(=O)C(C)(C)C)cc1. The molecule has 0 heterocycles. The summed E-state index contributed by atoms with van der Waals surface area (Å²) in [7, 11) is -3.83. The van der Waals surface area contributed by atoms with Crippen molar-refractivity contribution in [1.82, 2.24) is 4.72 Å². The first-order chi connectivity index (χ1) is 8.66. The lowest BCUT2D eigenvalue weighted by atomic mass is 9.96. The van der Waals surface area contributed by atoms with Gasteiger partial charge >= 0.3 is 0 Å².